The van der Waals surface area contributed by atoms with Gasteiger partial charge in [0.05, 0.1) is 19.1 Å². The van der Waals surface area contributed by atoms with Crippen LogP contribution >= 0.6 is 0 Å². The number of amides is 2. The Kier molecular flexibility index (Phi) is 7.22. The van der Waals surface area contributed by atoms with Gasteiger partial charge in [0, 0.05) is 11.1 Å². The monoisotopic (exact) mass is 474 g/mol. The number of rotatable bonds is 7. The first-order valence-corrected chi connectivity index (χ1v) is 11.7. The van der Waals surface area contributed by atoms with Gasteiger partial charge in [-0.1, -0.05) is 32.4 Å². The SMILES string of the molecule is CC[C@H](C)[C@H](N=C1NS(=O)(=O)c2ccccc21)C(=O)NNC(=O)c1ccc(OC)c(OC)c1. The lowest BCUT2D eigenvalue weighted by atomic mass is 9.99. The van der Waals surface area contributed by atoms with Crippen LogP contribution < -0.4 is 25.0 Å². The van der Waals surface area contributed by atoms with Crippen LogP contribution in [0.25, 0.3) is 0 Å². The first kappa shape index (κ1) is 24.1. The molecule has 2 aromatic rings. The van der Waals surface area contributed by atoms with Gasteiger partial charge in [-0.05, 0) is 36.2 Å². The van der Waals surface area contributed by atoms with Crippen LogP contribution in [0.15, 0.2) is 52.4 Å². The Labute approximate surface area is 192 Å². The van der Waals surface area contributed by atoms with Gasteiger partial charge in [-0.3, -0.25) is 30.2 Å². The molecule has 11 heteroatoms. The molecule has 10 nitrogen and oxygen atoms in total. The molecule has 176 valence electrons. The van der Waals surface area contributed by atoms with Gasteiger partial charge in [0.1, 0.15) is 11.9 Å². The summed E-state index contributed by atoms with van der Waals surface area (Å²) < 4.78 is 37.5. The number of benzene rings is 2. The minimum Gasteiger partial charge on any atom is -0.493 e. The van der Waals surface area contributed by atoms with E-state index in [0.29, 0.717) is 23.5 Å². The maximum atomic E-state index is 12.9. The highest BCUT2D eigenvalue weighted by Crippen LogP contribution is 2.27. The topological polar surface area (TPSA) is 135 Å². The number of ether oxygens (including phenoxy) is 2. The van der Waals surface area contributed by atoms with Crippen molar-refractivity contribution < 1.29 is 27.5 Å². The van der Waals surface area contributed by atoms with Crippen LogP contribution in [0.1, 0.15) is 36.2 Å². The Morgan fingerprint density at radius 2 is 1.76 bits per heavy atom. The second-order valence-electron chi connectivity index (χ2n) is 7.42. The molecule has 3 N–H and O–H groups in total. The van der Waals surface area contributed by atoms with Crippen LogP contribution in [0.5, 0.6) is 11.5 Å². The molecule has 0 bridgehead atoms. The fraction of sp³-hybridized carbons (Fsp3) is 0.318. The highest BCUT2D eigenvalue weighted by atomic mass is 32.2. The lowest BCUT2D eigenvalue weighted by Crippen LogP contribution is -2.48. The zero-order valence-corrected chi connectivity index (χ0v) is 19.5. The molecule has 0 radical (unpaired) electrons. The molecule has 0 spiro atoms. The minimum absolute atomic E-state index is 0.0947. The molecule has 0 unspecified atom stereocenters. The predicted octanol–water partition coefficient (Wildman–Crippen LogP) is 1.62. The average molecular weight is 475 g/mol. The maximum absolute atomic E-state index is 12.9. The summed E-state index contributed by atoms with van der Waals surface area (Å²) in [7, 11) is -0.803. The van der Waals surface area contributed by atoms with Gasteiger partial charge in [0.25, 0.3) is 21.8 Å². The van der Waals surface area contributed by atoms with E-state index in [1.54, 1.807) is 24.3 Å². The Hall–Kier alpha value is -3.60. The van der Waals surface area contributed by atoms with Crippen molar-refractivity contribution in [2.75, 3.05) is 14.2 Å². The highest BCUT2D eigenvalue weighted by Gasteiger charge is 2.33. The fourth-order valence-corrected chi connectivity index (χ4v) is 4.52. The maximum Gasteiger partial charge on any atom is 0.269 e. The summed E-state index contributed by atoms with van der Waals surface area (Å²) in [6.45, 7) is 3.71. The number of aliphatic imine (C=N–C) groups is 1. The molecule has 2 amide bonds. The Balaban J connectivity index is 1.79. The number of carbonyl (C=O) groups is 2. The number of hydrogen-bond donors (Lipinski definition) is 3. The lowest BCUT2D eigenvalue weighted by molar-refractivity contribution is -0.124. The summed E-state index contributed by atoms with van der Waals surface area (Å²) in [6, 6.07) is 10.0. The van der Waals surface area contributed by atoms with Gasteiger partial charge < -0.3 is 9.47 Å². The van der Waals surface area contributed by atoms with E-state index in [1.807, 2.05) is 13.8 Å². The molecule has 2 atom stereocenters. The third-order valence-electron chi connectivity index (χ3n) is 5.33. The standard InChI is InChI=1S/C22H26N4O6S/c1-5-13(2)19(23-20-15-8-6-7-9-18(15)33(29,30)26-20)22(28)25-24-21(27)14-10-11-16(31-3)17(12-14)32-4/h6-13,19H,5H2,1-4H3,(H,23,26)(H,24,27)(H,25,28)/t13-,19-/m0/s1. The quantitative estimate of drug-likeness (QED) is 0.522. The van der Waals surface area contributed by atoms with E-state index >= 15 is 0 Å². The van der Waals surface area contributed by atoms with E-state index in [-0.39, 0.29) is 22.2 Å². The Bertz CT molecular complexity index is 1200. The smallest absolute Gasteiger partial charge is 0.269 e. The first-order valence-electron chi connectivity index (χ1n) is 10.2. The molecule has 2 aromatic carbocycles. The third kappa shape index (κ3) is 5.08. The van der Waals surface area contributed by atoms with Crippen molar-refractivity contribution in [3.63, 3.8) is 0 Å². The molecule has 0 fully saturated rings. The number of nitrogens with zero attached hydrogens (tertiary/aromatic N) is 1. The molecule has 1 aliphatic heterocycles. The second-order valence-corrected chi connectivity index (χ2v) is 9.07. The minimum atomic E-state index is -3.74. The predicted molar refractivity (Wildman–Crippen MR) is 122 cm³/mol. The number of amidine groups is 1. The molecule has 1 heterocycles. The van der Waals surface area contributed by atoms with Gasteiger partial charge in [0.2, 0.25) is 0 Å². The molecule has 33 heavy (non-hydrogen) atoms. The van der Waals surface area contributed by atoms with E-state index in [9.17, 15) is 18.0 Å². The van der Waals surface area contributed by atoms with Crippen molar-refractivity contribution in [3.8, 4) is 11.5 Å². The van der Waals surface area contributed by atoms with Crippen molar-refractivity contribution in [1.29, 1.82) is 0 Å². The molecule has 3 rings (SSSR count). The number of hydrazine groups is 1. The number of carbonyl (C=O) groups excluding carboxylic acids is 2. The first-order chi connectivity index (χ1) is 15.7. The summed E-state index contributed by atoms with van der Waals surface area (Å²) in [6.07, 6.45) is 0.604. The van der Waals surface area contributed by atoms with Crippen molar-refractivity contribution in [1.82, 2.24) is 15.6 Å². The number of sulfonamides is 1. The van der Waals surface area contributed by atoms with Crippen molar-refractivity contribution in [2.45, 2.75) is 31.2 Å². The number of hydrogen-bond acceptors (Lipinski definition) is 7. The number of fused-ring (bicyclic) bond motifs is 1. The van der Waals surface area contributed by atoms with Crippen LogP contribution in [-0.2, 0) is 14.8 Å². The summed E-state index contributed by atoms with van der Waals surface area (Å²) in [5.41, 5.74) is 5.39. The van der Waals surface area contributed by atoms with Crippen molar-refractivity contribution in [3.05, 3.63) is 53.6 Å². The summed E-state index contributed by atoms with van der Waals surface area (Å²) in [5, 5.41) is 0. The normalized spacial score (nSPS) is 16.8. The molecular weight excluding hydrogens is 448 g/mol. The molecular formula is C22H26N4O6S. The van der Waals surface area contributed by atoms with Crippen LogP contribution in [0.4, 0.5) is 0 Å². The Morgan fingerprint density at radius 3 is 2.42 bits per heavy atom. The van der Waals surface area contributed by atoms with E-state index in [0.717, 1.165) is 0 Å². The van der Waals surface area contributed by atoms with Crippen LogP contribution in [-0.4, -0.2) is 46.3 Å². The van der Waals surface area contributed by atoms with E-state index in [2.05, 4.69) is 20.6 Å². The van der Waals surface area contributed by atoms with Gasteiger partial charge >= 0.3 is 0 Å². The van der Waals surface area contributed by atoms with E-state index in [1.165, 1.54) is 32.4 Å². The average Bonchev–Trinajstić information content (AvgIpc) is 3.09. The molecule has 0 saturated carbocycles. The van der Waals surface area contributed by atoms with E-state index < -0.39 is 27.9 Å². The zero-order valence-electron chi connectivity index (χ0n) is 18.7. The van der Waals surface area contributed by atoms with Gasteiger partial charge in [-0.2, -0.15) is 0 Å². The summed E-state index contributed by atoms with van der Waals surface area (Å²) in [4.78, 5) is 29.9. The fourth-order valence-electron chi connectivity index (χ4n) is 3.28. The van der Waals surface area contributed by atoms with Crippen LogP contribution in [0, 0.1) is 5.92 Å². The van der Waals surface area contributed by atoms with Crippen LogP contribution in [0.2, 0.25) is 0 Å². The summed E-state index contributed by atoms with van der Waals surface area (Å²) >= 11 is 0. The number of methoxy groups -OCH3 is 2. The van der Waals surface area contributed by atoms with Crippen LogP contribution in [0.3, 0.4) is 0 Å². The van der Waals surface area contributed by atoms with Crippen molar-refractivity contribution >= 4 is 27.7 Å². The van der Waals surface area contributed by atoms with Gasteiger partial charge in [-0.25, -0.2) is 8.42 Å². The highest BCUT2D eigenvalue weighted by molar-refractivity contribution is 7.90. The zero-order chi connectivity index (χ0) is 24.2. The lowest BCUT2D eigenvalue weighted by Gasteiger charge is -2.19. The molecule has 1 aliphatic rings. The largest absolute Gasteiger partial charge is 0.493 e. The molecule has 0 aliphatic carbocycles. The molecule has 0 saturated heterocycles. The van der Waals surface area contributed by atoms with Gasteiger partial charge in [0.15, 0.2) is 11.5 Å². The van der Waals surface area contributed by atoms with Crippen molar-refractivity contribution in [2.24, 2.45) is 10.9 Å². The number of nitrogens with one attached hydrogen (secondary N) is 3. The second kappa shape index (κ2) is 9.90. The summed E-state index contributed by atoms with van der Waals surface area (Å²) in [5.74, 6) is -0.441. The third-order valence-corrected chi connectivity index (χ3v) is 6.72. The van der Waals surface area contributed by atoms with E-state index in [4.69, 9.17) is 9.47 Å². The molecule has 0 aromatic heterocycles. The van der Waals surface area contributed by atoms with Gasteiger partial charge in [-0.15, -0.1) is 0 Å². The Morgan fingerprint density at radius 1 is 1.06 bits per heavy atom.